The number of benzene rings is 1. The maximum atomic E-state index is 12.3. The number of carboxylic acid groups (broad SMARTS) is 1. The van der Waals surface area contributed by atoms with Gasteiger partial charge in [0.25, 0.3) is 0 Å². The summed E-state index contributed by atoms with van der Waals surface area (Å²) in [5, 5.41) is 17.3. The van der Waals surface area contributed by atoms with Gasteiger partial charge in [-0.1, -0.05) is 57.6 Å². The Labute approximate surface area is 210 Å². The van der Waals surface area contributed by atoms with Gasteiger partial charge in [-0.05, 0) is 24.8 Å². The molecule has 1 aliphatic heterocycles. The summed E-state index contributed by atoms with van der Waals surface area (Å²) in [6.07, 6.45) is -0.0563. The largest absolute Gasteiger partial charge is 0.480 e. The van der Waals surface area contributed by atoms with Crippen LogP contribution in [0.2, 0.25) is 5.02 Å². The molecule has 35 heavy (non-hydrogen) atoms. The van der Waals surface area contributed by atoms with E-state index in [1.54, 1.807) is 31.2 Å². The first-order chi connectivity index (χ1) is 16.9. The number of aromatic nitrogens is 3. The molecule has 1 saturated heterocycles. The molecule has 1 amide bonds. The predicted molar refractivity (Wildman–Crippen MR) is 128 cm³/mol. The van der Waals surface area contributed by atoms with Crippen molar-refractivity contribution in [1.29, 1.82) is 0 Å². The number of thiazole rings is 2. The molecule has 1 aromatic carbocycles. The van der Waals surface area contributed by atoms with Crippen molar-refractivity contribution in [3.8, 4) is 11.8 Å². The molecule has 13 heteroatoms. The molecule has 2 N–H and O–H groups in total. The Kier molecular flexibility index (Phi) is 6.16. The topological polar surface area (TPSA) is 137 Å². The fourth-order valence-electron chi connectivity index (χ4n) is 3.24. The number of aliphatic carboxylic acids is 1. The van der Waals surface area contributed by atoms with Gasteiger partial charge in [-0.25, -0.2) is 14.8 Å². The number of halogens is 1. The van der Waals surface area contributed by atoms with E-state index in [4.69, 9.17) is 25.6 Å². The van der Waals surface area contributed by atoms with E-state index in [0.717, 1.165) is 0 Å². The van der Waals surface area contributed by atoms with Crippen molar-refractivity contribution < 1.29 is 28.7 Å². The molecule has 0 aliphatic carbocycles. The van der Waals surface area contributed by atoms with E-state index in [1.807, 2.05) is 0 Å². The summed E-state index contributed by atoms with van der Waals surface area (Å²) in [5.74, 6) is 4.72. The Morgan fingerprint density at radius 1 is 1.23 bits per heavy atom. The van der Waals surface area contributed by atoms with Crippen LogP contribution in [-0.4, -0.2) is 45.5 Å². The van der Waals surface area contributed by atoms with Crippen LogP contribution in [-0.2, 0) is 19.7 Å². The monoisotopic (exact) mass is 530 g/mol. The first-order valence-corrected chi connectivity index (χ1v) is 12.1. The van der Waals surface area contributed by atoms with E-state index in [-0.39, 0.29) is 24.6 Å². The third-order valence-corrected chi connectivity index (χ3v) is 7.70. The number of ether oxygens (including phenoxy) is 2. The summed E-state index contributed by atoms with van der Waals surface area (Å²) >= 11 is 8.59. The fourth-order valence-corrected chi connectivity index (χ4v) is 5.58. The minimum absolute atomic E-state index is 0.0945. The molecule has 0 spiro atoms. The Hall–Kier alpha value is -3.50. The van der Waals surface area contributed by atoms with Crippen molar-refractivity contribution >= 4 is 61.7 Å². The molecule has 0 saturated carbocycles. The smallest absolute Gasteiger partial charge is 0.412 e. The summed E-state index contributed by atoms with van der Waals surface area (Å²) < 4.78 is 15.4. The first kappa shape index (κ1) is 23.3. The number of fused-ring (bicyclic) bond motifs is 1. The zero-order valence-electron chi connectivity index (χ0n) is 17.9. The Balaban J connectivity index is 1.28. The van der Waals surface area contributed by atoms with Gasteiger partial charge in [-0.15, -0.1) is 0 Å². The molecular weight excluding hydrogens is 516 g/mol. The molecule has 0 radical (unpaired) electrons. The Bertz CT molecular complexity index is 1460. The van der Waals surface area contributed by atoms with E-state index in [0.29, 0.717) is 30.3 Å². The highest BCUT2D eigenvalue weighted by atomic mass is 35.5. The first-order valence-electron chi connectivity index (χ1n) is 10.1. The molecule has 4 heterocycles. The van der Waals surface area contributed by atoms with Crippen LogP contribution in [0.4, 0.5) is 10.5 Å². The van der Waals surface area contributed by atoms with E-state index >= 15 is 0 Å². The number of anilines is 1. The predicted octanol–water partition coefficient (Wildman–Crippen LogP) is 4.46. The quantitative estimate of drug-likeness (QED) is 0.358. The highest BCUT2D eigenvalue weighted by Gasteiger charge is 2.50. The van der Waals surface area contributed by atoms with Crippen molar-refractivity contribution in [2.24, 2.45) is 0 Å². The standard InChI is InChI=1S/C22H15ClN4O6S2/c1-11(12-4-2-3-5-13(12)23)33-21(30)24-15-8-32-27-14(15)6-7-16-25-17-18(34-16)26-19(35-17)22(20(28)29)9-31-10-22/h2-5,8,11H,9-10H2,1H3,(H,24,30)(H,28,29). The van der Waals surface area contributed by atoms with Crippen molar-refractivity contribution in [3.63, 3.8) is 0 Å². The summed E-state index contributed by atoms with van der Waals surface area (Å²) in [4.78, 5) is 34.0. The van der Waals surface area contributed by atoms with Gasteiger partial charge in [-0.2, -0.15) is 0 Å². The number of carbonyl (C=O) groups is 2. The SMILES string of the molecule is CC(OC(=O)Nc1conc1C#Cc1nc2sc(C3(C(=O)O)COC3)nc2s1)c1ccccc1Cl. The van der Waals surface area contributed by atoms with Crippen LogP contribution < -0.4 is 5.32 Å². The zero-order valence-corrected chi connectivity index (χ0v) is 20.3. The lowest BCUT2D eigenvalue weighted by Gasteiger charge is -2.35. The summed E-state index contributed by atoms with van der Waals surface area (Å²) in [6, 6.07) is 7.08. The summed E-state index contributed by atoms with van der Waals surface area (Å²) in [6.45, 7) is 1.90. The van der Waals surface area contributed by atoms with Crippen LogP contribution >= 0.6 is 34.3 Å². The second-order valence-corrected chi connectivity index (χ2v) is 9.91. The molecule has 4 aromatic rings. The number of rotatable bonds is 5. The number of hydrogen-bond acceptors (Lipinski definition) is 10. The van der Waals surface area contributed by atoms with Gasteiger partial charge in [0.2, 0.25) is 0 Å². The van der Waals surface area contributed by atoms with Crippen LogP contribution in [0.3, 0.4) is 0 Å². The number of carboxylic acids is 1. The van der Waals surface area contributed by atoms with E-state index in [9.17, 15) is 14.7 Å². The van der Waals surface area contributed by atoms with Gasteiger partial charge in [0, 0.05) is 10.6 Å². The number of nitrogens with one attached hydrogen (secondary N) is 1. The number of amides is 1. The third kappa shape index (κ3) is 4.46. The molecule has 3 aromatic heterocycles. The molecular formula is C22H15ClN4O6S2. The number of nitrogens with zero attached hydrogens (tertiary/aromatic N) is 3. The van der Waals surface area contributed by atoms with Crippen molar-refractivity contribution in [2.75, 3.05) is 18.5 Å². The van der Waals surface area contributed by atoms with Crippen LogP contribution in [0.25, 0.3) is 9.66 Å². The number of carbonyl (C=O) groups excluding carboxylic acids is 1. The lowest BCUT2D eigenvalue weighted by atomic mass is 9.87. The fraction of sp³-hybridized carbons (Fsp3) is 0.227. The van der Waals surface area contributed by atoms with Gasteiger partial charge < -0.3 is 19.1 Å². The van der Waals surface area contributed by atoms with Gasteiger partial charge in [-0.3, -0.25) is 10.1 Å². The molecule has 178 valence electrons. The minimum atomic E-state index is -1.10. The number of hydrogen-bond donors (Lipinski definition) is 2. The van der Waals surface area contributed by atoms with Crippen molar-refractivity contribution in [1.82, 2.24) is 15.1 Å². The highest BCUT2D eigenvalue weighted by molar-refractivity contribution is 7.26. The maximum Gasteiger partial charge on any atom is 0.412 e. The maximum absolute atomic E-state index is 12.3. The van der Waals surface area contributed by atoms with Crippen LogP contribution in [0.15, 0.2) is 35.1 Å². The van der Waals surface area contributed by atoms with E-state index in [2.05, 4.69) is 32.3 Å². The highest BCUT2D eigenvalue weighted by Crippen LogP contribution is 2.38. The van der Waals surface area contributed by atoms with Crippen LogP contribution in [0, 0.1) is 11.8 Å². The second-order valence-electron chi connectivity index (χ2n) is 7.55. The Morgan fingerprint density at radius 2 is 2.00 bits per heavy atom. The van der Waals surface area contributed by atoms with E-state index < -0.39 is 23.6 Å². The van der Waals surface area contributed by atoms with Crippen molar-refractivity contribution in [2.45, 2.75) is 18.4 Å². The van der Waals surface area contributed by atoms with Gasteiger partial charge >= 0.3 is 12.1 Å². The van der Waals surface area contributed by atoms with Crippen LogP contribution in [0.5, 0.6) is 0 Å². The molecule has 1 atom stereocenters. The average molecular weight is 531 g/mol. The lowest BCUT2D eigenvalue weighted by Crippen LogP contribution is -2.52. The van der Waals surface area contributed by atoms with Crippen LogP contribution in [0.1, 0.15) is 34.3 Å². The third-order valence-electron chi connectivity index (χ3n) is 5.21. The van der Waals surface area contributed by atoms with Gasteiger partial charge in [0.1, 0.15) is 23.1 Å². The van der Waals surface area contributed by atoms with Crippen molar-refractivity contribution in [3.05, 3.63) is 56.8 Å². The minimum Gasteiger partial charge on any atom is -0.480 e. The van der Waals surface area contributed by atoms with Gasteiger partial charge in [0.15, 0.2) is 25.8 Å². The second kappa shape index (κ2) is 9.27. The molecule has 0 bridgehead atoms. The zero-order chi connectivity index (χ0) is 24.6. The molecule has 5 rings (SSSR count). The lowest BCUT2D eigenvalue weighted by molar-refractivity contribution is -0.163. The molecule has 1 aliphatic rings. The van der Waals surface area contributed by atoms with Gasteiger partial charge in [0.05, 0.1) is 13.2 Å². The average Bonchev–Trinajstić information content (AvgIpc) is 3.46. The summed E-state index contributed by atoms with van der Waals surface area (Å²) in [7, 11) is 0. The normalized spacial score (nSPS) is 15.0. The Morgan fingerprint density at radius 3 is 2.69 bits per heavy atom. The molecule has 1 fully saturated rings. The van der Waals surface area contributed by atoms with E-state index in [1.165, 1.54) is 28.9 Å². The summed E-state index contributed by atoms with van der Waals surface area (Å²) in [5.41, 5.74) is 0.00201. The molecule has 10 nitrogen and oxygen atoms in total. The molecule has 1 unspecified atom stereocenters.